The van der Waals surface area contributed by atoms with Crippen molar-refractivity contribution in [2.45, 2.75) is 45.2 Å². The molecule has 0 amide bonds. The summed E-state index contributed by atoms with van der Waals surface area (Å²) < 4.78 is 0. The molecule has 1 saturated carbocycles. The van der Waals surface area contributed by atoms with Crippen LogP contribution in [0.5, 0.6) is 0 Å². The summed E-state index contributed by atoms with van der Waals surface area (Å²) in [6, 6.07) is 9.71. The summed E-state index contributed by atoms with van der Waals surface area (Å²) in [6.45, 7) is 5.52. The van der Waals surface area contributed by atoms with Gasteiger partial charge in [-0.05, 0) is 29.9 Å². The van der Waals surface area contributed by atoms with Crippen LogP contribution in [0.2, 0.25) is 0 Å². The van der Waals surface area contributed by atoms with Crippen molar-refractivity contribution in [3.05, 3.63) is 35.4 Å². The predicted molar refractivity (Wildman–Crippen MR) is 60.4 cm³/mol. The number of hydrogen-bond donors (Lipinski definition) is 1. The Labute approximate surface area is 86.5 Å². The number of nitrogens with one attached hydrogen (secondary N) is 1. The molecule has 1 aromatic rings. The maximum atomic E-state index is 3.54. The molecule has 0 saturated heterocycles. The lowest BCUT2D eigenvalue weighted by atomic mass is 10.0. The molecule has 0 aliphatic heterocycles. The van der Waals surface area contributed by atoms with Crippen molar-refractivity contribution >= 4 is 0 Å². The van der Waals surface area contributed by atoms with Crippen LogP contribution in [0.25, 0.3) is 0 Å². The average Bonchev–Trinajstić information content (AvgIpc) is 2.99. The highest BCUT2D eigenvalue weighted by Crippen LogP contribution is 2.20. The second kappa shape index (κ2) is 4.14. The van der Waals surface area contributed by atoms with Crippen LogP contribution in [-0.4, -0.2) is 6.04 Å². The Balaban J connectivity index is 1.97. The molecule has 1 aliphatic carbocycles. The molecular formula is C13H19N. The Morgan fingerprint density at radius 3 is 2.79 bits per heavy atom. The predicted octanol–water partition coefficient (Wildman–Crippen LogP) is 3.06. The molecule has 1 fully saturated rings. The molecule has 2 rings (SSSR count). The minimum atomic E-state index is 0.635. The zero-order chi connectivity index (χ0) is 9.97. The maximum absolute atomic E-state index is 3.54. The van der Waals surface area contributed by atoms with Gasteiger partial charge in [0.15, 0.2) is 0 Å². The van der Waals surface area contributed by atoms with E-state index in [2.05, 4.69) is 43.4 Å². The SMILES string of the molecule is CC(C)c1cccc(CNC2CC2)c1. The first-order chi connectivity index (χ1) is 6.75. The third-order valence-electron chi connectivity index (χ3n) is 2.79. The van der Waals surface area contributed by atoms with Crippen molar-refractivity contribution in [1.29, 1.82) is 0 Å². The third kappa shape index (κ3) is 2.58. The molecule has 1 aliphatic rings. The quantitative estimate of drug-likeness (QED) is 0.767. The zero-order valence-corrected chi connectivity index (χ0v) is 9.09. The summed E-state index contributed by atoms with van der Waals surface area (Å²) in [5, 5.41) is 3.54. The maximum Gasteiger partial charge on any atom is 0.0208 e. The lowest BCUT2D eigenvalue weighted by Gasteiger charge is -2.08. The van der Waals surface area contributed by atoms with Gasteiger partial charge in [0.05, 0.1) is 0 Å². The molecule has 0 spiro atoms. The molecule has 1 nitrogen and oxygen atoms in total. The normalized spacial score (nSPS) is 16.2. The van der Waals surface area contributed by atoms with Crippen LogP contribution in [0.4, 0.5) is 0 Å². The van der Waals surface area contributed by atoms with Crippen LogP contribution < -0.4 is 5.32 Å². The van der Waals surface area contributed by atoms with Crippen molar-refractivity contribution in [1.82, 2.24) is 5.32 Å². The van der Waals surface area contributed by atoms with Gasteiger partial charge in [0.2, 0.25) is 0 Å². The van der Waals surface area contributed by atoms with E-state index in [0.29, 0.717) is 5.92 Å². The van der Waals surface area contributed by atoms with E-state index in [9.17, 15) is 0 Å². The van der Waals surface area contributed by atoms with Gasteiger partial charge in [-0.1, -0.05) is 38.1 Å². The Kier molecular flexibility index (Phi) is 2.87. The van der Waals surface area contributed by atoms with Crippen LogP contribution in [-0.2, 0) is 6.54 Å². The molecule has 76 valence electrons. The topological polar surface area (TPSA) is 12.0 Å². The lowest BCUT2D eigenvalue weighted by Crippen LogP contribution is -2.15. The summed E-state index contributed by atoms with van der Waals surface area (Å²) in [5.74, 6) is 0.635. The molecule has 0 aromatic heterocycles. The van der Waals surface area contributed by atoms with E-state index in [1.165, 1.54) is 24.0 Å². The zero-order valence-electron chi connectivity index (χ0n) is 9.09. The summed E-state index contributed by atoms with van der Waals surface area (Å²) in [7, 11) is 0. The van der Waals surface area contributed by atoms with Crippen LogP contribution >= 0.6 is 0 Å². The smallest absolute Gasteiger partial charge is 0.0208 e. The summed E-state index contributed by atoms with van der Waals surface area (Å²) in [6.07, 6.45) is 2.73. The van der Waals surface area contributed by atoms with Crippen molar-refractivity contribution in [2.75, 3.05) is 0 Å². The molecule has 1 N–H and O–H groups in total. The second-order valence-electron chi connectivity index (χ2n) is 4.55. The van der Waals surface area contributed by atoms with E-state index in [4.69, 9.17) is 0 Å². The van der Waals surface area contributed by atoms with Gasteiger partial charge in [0.25, 0.3) is 0 Å². The number of benzene rings is 1. The van der Waals surface area contributed by atoms with Crippen molar-refractivity contribution in [2.24, 2.45) is 0 Å². The van der Waals surface area contributed by atoms with Gasteiger partial charge in [-0.3, -0.25) is 0 Å². The van der Waals surface area contributed by atoms with E-state index in [0.717, 1.165) is 12.6 Å². The Morgan fingerprint density at radius 2 is 2.14 bits per heavy atom. The van der Waals surface area contributed by atoms with Gasteiger partial charge in [-0.15, -0.1) is 0 Å². The summed E-state index contributed by atoms with van der Waals surface area (Å²) >= 11 is 0. The summed E-state index contributed by atoms with van der Waals surface area (Å²) in [4.78, 5) is 0. The van der Waals surface area contributed by atoms with E-state index in [1.54, 1.807) is 0 Å². The molecule has 1 heteroatoms. The highest BCUT2D eigenvalue weighted by molar-refractivity contribution is 5.25. The molecule has 0 bridgehead atoms. The number of hydrogen-bond acceptors (Lipinski definition) is 1. The second-order valence-corrected chi connectivity index (χ2v) is 4.55. The minimum Gasteiger partial charge on any atom is -0.310 e. The number of rotatable bonds is 4. The van der Waals surface area contributed by atoms with Crippen LogP contribution in [0.1, 0.15) is 43.7 Å². The van der Waals surface area contributed by atoms with Gasteiger partial charge in [0.1, 0.15) is 0 Å². The van der Waals surface area contributed by atoms with E-state index in [-0.39, 0.29) is 0 Å². The van der Waals surface area contributed by atoms with Crippen molar-refractivity contribution < 1.29 is 0 Å². The highest BCUT2D eigenvalue weighted by Gasteiger charge is 2.19. The van der Waals surface area contributed by atoms with Gasteiger partial charge in [-0.2, -0.15) is 0 Å². The van der Waals surface area contributed by atoms with E-state index in [1.807, 2.05) is 0 Å². The average molecular weight is 189 g/mol. The Hall–Kier alpha value is -0.820. The molecule has 0 radical (unpaired) electrons. The fourth-order valence-electron chi connectivity index (χ4n) is 1.61. The molecule has 14 heavy (non-hydrogen) atoms. The van der Waals surface area contributed by atoms with Crippen LogP contribution in [0.3, 0.4) is 0 Å². The van der Waals surface area contributed by atoms with Gasteiger partial charge in [0, 0.05) is 12.6 Å². The molecular weight excluding hydrogens is 170 g/mol. The fraction of sp³-hybridized carbons (Fsp3) is 0.538. The molecule has 1 aromatic carbocycles. The largest absolute Gasteiger partial charge is 0.310 e. The first-order valence-electron chi connectivity index (χ1n) is 5.58. The van der Waals surface area contributed by atoms with E-state index < -0.39 is 0 Å². The van der Waals surface area contributed by atoms with E-state index >= 15 is 0 Å². The highest BCUT2D eigenvalue weighted by atomic mass is 14.9. The Bertz CT molecular complexity index is 300. The van der Waals surface area contributed by atoms with Crippen LogP contribution in [0.15, 0.2) is 24.3 Å². The van der Waals surface area contributed by atoms with Gasteiger partial charge < -0.3 is 5.32 Å². The van der Waals surface area contributed by atoms with Gasteiger partial charge in [-0.25, -0.2) is 0 Å². The van der Waals surface area contributed by atoms with Gasteiger partial charge >= 0.3 is 0 Å². The first-order valence-corrected chi connectivity index (χ1v) is 5.58. The summed E-state index contributed by atoms with van der Waals surface area (Å²) in [5.41, 5.74) is 2.86. The fourth-order valence-corrected chi connectivity index (χ4v) is 1.61. The van der Waals surface area contributed by atoms with Crippen molar-refractivity contribution in [3.8, 4) is 0 Å². The Morgan fingerprint density at radius 1 is 1.36 bits per heavy atom. The third-order valence-corrected chi connectivity index (χ3v) is 2.79. The standard InChI is InChI=1S/C13H19N/c1-10(2)12-5-3-4-11(8-12)9-14-13-6-7-13/h3-5,8,10,13-14H,6-7,9H2,1-2H3. The first kappa shape index (κ1) is 9.72. The minimum absolute atomic E-state index is 0.635. The molecule has 0 heterocycles. The molecule has 0 unspecified atom stereocenters. The monoisotopic (exact) mass is 189 g/mol. The van der Waals surface area contributed by atoms with Crippen LogP contribution in [0, 0.1) is 0 Å². The van der Waals surface area contributed by atoms with Crippen molar-refractivity contribution in [3.63, 3.8) is 0 Å². The lowest BCUT2D eigenvalue weighted by molar-refractivity contribution is 0.686. The molecule has 0 atom stereocenters.